The Hall–Kier alpha value is -0.940. The van der Waals surface area contributed by atoms with Crippen molar-refractivity contribution in [2.45, 2.75) is 13.0 Å². The molecule has 5 heteroatoms. The topological polar surface area (TPSA) is 49.3 Å². The van der Waals surface area contributed by atoms with Crippen LogP contribution in [0, 0.1) is 5.82 Å². The van der Waals surface area contributed by atoms with Crippen molar-refractivity contribution >= 4 is 21.8 Å². The highest BCUT2D eigenvalue weighted by Gasteiger charge is 2.08. The summed E-state index contributed by atoms with van der Waals surface area (Å²) in [6, 6.07) is 3.99. The van der Waals surface area contributed by atoms with Crippen molar-refractivity contribution in [3.05, 3.63) is 34.1 Å². The van der Waals surface area contributed by atoms with Gasteiger partial charge >= 0.3 is 0 Å². The fourth-order valence-electron chi connectivity index (χ4n) is 0.980. The molecule has 0 radical (unpaired) electrons. The van der Waals surface area contributed by atoms with Crippen LogP contribution in [0.15, 0.2) is 22.7 Å². The summed E-state index contributed by atoms with van der Waals surface area (Å²) in [5.41, 5.74) is 0.351. The van der Waals surface area contributed by atoms with Crippen molar-refractivity contribution in [3.63, 3.8) is 0 Å². The SMILES string of the molecule is CC(O)CNC(=O)c1ccc(F)c(Br)c1. The van der Waals surface area contributed by atoms with Crippen LogP contribution in [0.1, 0.15) is 17.3 Å². The molecule has 1 unspecified atom stereocenters. The number of hydrogen-bond acceptors (Lipinski definition) is 2. The van der Waals surface area contributed by atoms with E-state index in [9.17, 15) is 9.18 Å². The first-order valence-electron chi connectivity index (χ1n) is 4.42. The maximum atomic E-state index is 12.9. The molecule has 15 heavy (non-hydrogen) atoms. The fraction of sp³-hybridized carbons (Fsp3) is 0.300. The molecule has 0 saturated heterocycles. The standard InChI is InChI=1S/C10H11BrFNO2/c1-6(14)5-13-10(15)7-2-3-9(12)8(11)4-7/h2-4,6,14H,5H2,1H3,(H,13,15). The van der Waals surface area contributed by atoms with Gasteiger partial charge in [0.15, 0.2) is 0 Å². The predicted molar refractivity (Wildman–Crippen MR) is 58.1 cm³/mol. The van der Waals surface area contributed by atoms with Gasteiger partial charge in [0.25, 0.3) is 5.91 Å². The second-order valence-corrected chi connectivity index (χ2v) is 4.04. The maximum Gasteiger partial charge on any atom is 0.251 e. The Morgan fingerprint density at radius 3 is 2.87 bits per heavy atom. The maximum absolute atomic E-state index is 12.9. The minimum atomic E-state index is -0.599. The Morgan fingerprint density at radius 2 is 2.33 bits per heavy atom. The molecule has 2 N–H and O–H groups in total. The van der Waals surface area contributed by atoms with Crippen LogP contribution in [0.4, 0.5) is 4.39 Å². The first-order valence-corrected chi connectivity index (χ1v) is 5.21. The van der Waals surface area contributed by atoms with Crippen LogP contribution in [-0.4, -0.2) is 23.7 Å². The zero-order valence-electron chi connectivity index (χ0n) is 8.13. The lowest BCUT2D eigenvalue weighted by atomic mass is 10.2. The summed E-state index contributed by atoms with van der Waals surface area (Å²) < 4.78 is 13.1. The first-order chi connectivity index (χ1) is 7.00. The summed E-state index contributed by atoms with van der Waals surface area (Å²) in [7, 11) is 0. The van der Waals surface area contributed by atoms with Gasteiger partial charge in [-0.1, -0.05) is 0 Å². The fourth-order valence-corrected chi connectivity index (χ4v) is 1.36. The molecule has 1 atom stereocenters. The quantitative estimate of drug-likeness (QED) is 0.882. The van der Waals surface area contributed by atoms with E-state index in [0.29, 0.717) is 5.56 Å². The van der Waals surface area contributed by atoms with Gasteiger partial charge in [-0.25, -0.2) is 4.39 Å². The third-order valence-corrected chi connectivity index (χ3v) is 2.35. The van der Waals surface area contributed by atoms with Gasteiger partial charge in [-0.15, -0.1) is 0 Å². The number of amides is 1. The van der Waals surface area contributed by atoms with Crippen LogP contribution < -0.4 is 5.32 Å². The van der Waals surface area contributed by atoms with Crippen molar-refractivity contribution in [2.75, 3.05) is 6.54 Å². The number of nitrogens with one attached hydrogen (secondary N) is 1. The second-order valence-electron chi connectivity index (χ2n) is 3.19. The zero-order chi connectivity index (χ0) is 11.4. The average Bonchev–Trinajstić information content (AvgIpc) is 2.18. The Bertz CT molecular complexity index is 368. The van der Waals surface area contributed by atoms with Gasteiger partial charge in [-0.2, -0.15) is 0 Å². The molecule has 0 saturated carbocycles. The number of rotatable bonds is 3. The van der Waals surface area contributed by atoms with Crippen LogP contribution >= 0.6 is 15.9 Å². The monoisotopic (exact) mass is 275 g/mol. The molecule has 82 valence electrons. The lowest BCUT2D eigenvalue weighted by Crippen LogP contribution is -2.30. The highest BCUT2D eigenvalue weighted by atomic mass is 79.9. The molecular formula is C10H11BrFNO2. The van der Waals surface area contributed by atoms with Crippen LogP contribution in [0.3, 0.4) is 0 Å². The summed E-state index contributed by atoms with van der Waals surface area (Å²) in [6.45, 7) is 1.74. The van der Waals surface area contributed by atoms with Crippen LogP contribution in [0.5, 0.6) is 0 Å². The van der Waals surface area contributed by atoms with E-state index in [1.165, 1.54) is 18.2 Å². The van der Waals surface area contributed by atoms with Crippen molar-refractivity contribution in [1.29, 1.82) is 0 Å². The number of carbonyl (C=O) groups is 1. The molecular weight excluding hydrogens is 265 g/mol. The van der Waals surface area contributed by atoms with Gasteiger partial charge < -0.3 is 10.4 Å². The minimum absolute atomic E-state index is 0.174. The van der Waals surface area contributed by atoms with E-state index < -0.39 is 11.9 Å². The number of hydrogen-bond donors (Lipinski definition) is 2. The molecule has 1 amide bonds. The summed E-state index contributed by atoms with van der Waals surface area (Å²) in [5.74, 6) is -0.751. The molecule has 0 bridgehead atoms. The average molecular weight is 276 g/mol. The van der Waals surface area contributed by atoms with Crippen molar-refractivity contribution in [2.24, 2.45) is 0 Å². The van der Waals surface area contributed by atoms with E-state index in [4.69, 9.17) is 5.11 Å². The molecule has 0 aromatic heterocycles. The third kappa shape index (κ3) is 3.60. The van der Waals surface area contributed by atoms with Gasteiger partial charge in [0, 0.05) is 12.1 Å². The summed E-state index contributed by atoms with van der Waals surface area (Å²) in [5, 5.41) is 11.5. The van der Waals surface area contributed by atoms with Crippen LogP contribution in [0.25, 0.3) is 0 Å². The second kappa shape index (κ2) is 5.23. The van der Waals surface area contributed by atoms with E-state index in [2.05, 4.69) is 21.2 Å². The molecule has 1 aromatic carbocycles. The molecule has 0 aliphatic rings. The Labute approximate surface area is 95.4 Å². The molecule has 0 aliphatic heterocycles. The number of benzene rings is 1. The molecule has 1 aromatic rings. The van der Waals surface area contributed by atoms with E-state index >= 15 is 0 Å². The molecule has 0 heterocycles. The van der Waals surface area contributed by atoms with Gasteiger partial charge in [0.05, 0.1) is 10.6 Å². The zero-order valence-corrected chi connectivity index (χ0v) is 9.71. The highest BCUT2D eigenvalue weighted by molar-refractivity contribution is 9.10. The van der Waals surface area contributed by atoms with E-state index in [1.54, 1.807) is 6.92 Å². The predicted octanol–water partition coefficient (Wildman–Crippen LogP) is 1.70. The number of halogens is 2. The van der Waals surface area contributed by atoms with Gasteiger partial charge in [-0.05, 0) is 41.1 Å². The molecule has 1 rings (SSSR count). The smallest absolute Gasteiger partial charge is 0.251 e. The molecule has 0 spiro atoms. The van der Waals surface area contributed by atoms with E-state index in [-0.39, 0.29) is 16.9 Å². The van der Waals surface area contributed by atoms with Gasteiger partial charge in [0.2, 0.25) is 0 Å². The summed E-state index contributed by atoms with van der Waals surface area (Å²) in [4.78, 5) is 11.4. The summed E-state index contributed by atoms with van der Waals surface area (Å²) in [6.07, 6.45) is -0.599. The van der Waals surface area contributed by atoms with Crippen LogP contribution in [-0.2, 0) is 0 Å². The Morgan fingerprint density at radius 1 is 1.67 bits per heavy atom. The minimum Gasteiger partial charge on any atom is -0.392 e. The lowest BCUT2D eigenvalue weighted by molar-refractivity contribution is 0.0924. The first kappa shape index (κ1) is 12.1. The molecule has 0 fully saturated rings. The lowest BCUT2D eigenvalue weighted by Gasteiger charge is -2.07. The van der Waals surface area contributed by atoms with E-state index in [0.717, 1.165) is 0 Å². The number of aliphatic hydroxyl groups is 1. The number of aliphatic hydroxyl groups excluding tert-OH is 1. The molecule has 3 nitrogen and oxygen atoms in total. The summed E-state index contributed by atoms with van der Waals surface area (Å²) >= 11 is 2.99. The Balaban J connectivity index is 2.70. The van der Waals surface area contributed by atoms with Crippen LogP contribution in [0.2, 0.25) is 0 Å². The van der Waals surface area contributed by atoms with Gasteiger partial charge in [0.1, 0.15) is 5.82 Å². The normalized spacial score (nSPS) is 12.3. The Kier molecular flexibility index (Phi) is 4.23. The van der Waals surface area contributed by atoms with Crippen molar-refractivity contribution in [3.8, 4) is 0 Å². The largest absolute Gasteiger partial charge is 0.392 e. The third-order valence-electron chi connectivity index (χ3n) is 1.74. The van der Waals surface area contributed by atoms with Gasteiger partial charge in [-0.3, -0.25) is 4.79 Å². The highest BCUT2D eigenvalue weighted by Crippen LogP contribution is 2.16. The number of carbonyl (C=O) groups excluding carboxylic acids is 1. The van der Waals surface area contributed by atoms with E-state index in [1.807, 2.05) is 0 Å². The van der Waals surface area contributed by atoms with Crippen molar-refractivity contribution < 1.29 is 14.3 Å². The molecule has 0 aliphatic carbocycles. The van der Waals surface area contributed by atoms with Crippen molar-refractivity contribution in [1.82, 2.24) is 5.32 Å².